The molecule has 0 bridgehead atoms. The van der Waals surface area contributed by atoms with E-state index in [4.69, 9.17) is 4.74 Å². The van der Waals surface area contributed by atoms with Gasteiger partial charge in [-0.1, -0.05) is 24.3 Å². The molecular weight excluding hydrogens is 468 g/mol. The second-order valence-corrected chi connectivity index (χ2v) is 9.23. The van der Waals surface area contributed by atoms with Crippen LogP contribution in [-0.4, -0.2) is 22.8 Å². The van der Waals surface area contributed by atoms with Crippen molar-refractivity contribution in [3.05, 3.63) is 118 Å². The smallest absolute Gasteiger partial charge is 0.266 e. The number of carbonyl (C=O) groups excluding carboxylic acids is 3. The lowest BCUT2D eigenvalue weighted by molar-refractivity contribution is 0.0917. The van der Waals surface area contributed by atoms with Crippen LogP contribution in [0.2, 0.25) is 0 Å². The number of carbonyl (C=O) groups is 3. The molecule has 182 valence electrons. The lowest BCUT2D eigenvalue weighted by Crippen LogP contribution is -2.29. The Labute approximate surface area is 213 Å². The number of aliphatic hydroxyl groups is 1. The third-order valence-electron chi connectivity index (χ3n) is 6.63. The Bertz CT molecular complexity index is 1630. The molecular formula is C30H22N2O5. The van der Waals surface area contributed by atoms with E-state index in [1.165, 1.54) is 9.80 Å². The van der Waals surface area contributed by atoms with Gasteiger partial charge in [-0.25, -0.2) is 4.90 Å². The number of benzene rings is 4. The van der Waals surface area contributed by atoms with E-state index in [0.717, 1.165) is 11.1 Å². The standard InChI is InChI=1S/C30H22N2O5/c1-17-5-3-7-19(13-17)31-27(33)23-11-9-21(15-25(23)29(31)35)37-22-10-12-24-26(16-22)30(36)32(28(24)34)20-8-4-6-18(2)14-20/h3-16,29,35H,1-2H3. The number of anilines is 2. The maximum atomic E-state index is 13.1. The van der Waals surface area contributed by atoms with Crippen molar-refractivity contribution in [2.24, 2.45) is 0 Å². The molecule has 1 unspecified atom stereocenters. The van der Waals surface area contributed by atoms with E-state index in [1.807, 2.05) is 38.1 Å². The maximum Gasteiger partial charge on any atom is 0.266 e. The van der Waals surface area contributed by atoms with E-state index in [9.17, 15) is 19.5 Å². The van der Waals surface area contributed by atoms with Crippen LogP contribution < -0.4 is 14.5 Å². The quantitative estimate of drug-likeness (QED) is 0.379. The fourth-order valence-corrected chi connectivity index (χ4v) is 4.85. The zero-order valence-corrected chi connectivity index (χ0v) is 20.1. The summed E-state index contributed by atoms with van der Waals surface area (Å²) in [6.07, 6.45) is -1.16. The van der Waals surface area contributed by atoms with Crippen molar-refractivity contribution in [3.63, 3.8) is 0 Å². The molecule has 0 saturated heterocycles. The lowest BCUT2D eigenvalue weighted by Gasteiger charge is -2.21. The average molecular weight is 491 g/mol. The molecule has 0 aliphatic carbocycles. The average Bonchev–Trinajstić information content (AvgIpc) is 3.27. The number of rotatable bonds is 4. The predicted molar refractivity (Wildman–Crippen MR) is 138 cm³/mol. The van der Waals surface area contributed by atoms with Gasteiger partial charge in [0, 0.05) is 16.8 Å². The number of amides is 3. The molecule has 3 amide bonds. The maximum absolute atomic E-state index is 13.1. The normalized spacial score (nSPS) is 16.3. The van der Waals surface area contributed by atoms with Gasteiger partial charge in [-0.2, -0.15) is 0 Å². The number of aliphatic hydroxyl groups excluding tert-OH is 1. The number of fused-ring (bicyclic) bond motifs is 2. The van der Waals surface area contributed by atoms with Crippen molar-refractivity contribution in [1.82, 2.24) is 0 Å². The molecule has 2 heterocycles. The summed E-state index contributed by atoms with van der Waals surface area (Å²) in [7, 11) is 0. The molecule has 7 nitrogen and oxygen atoms in total. The molecule has 6 rings (SSSR count). The zero-order valence-electron chi connectivity index (χ0n) is 20.1. The van der Waals surface area contributed by atoms with E-state index in [0.29, 0.717) is 39.6 Å². The van der Waals surface area contributed by atoms with Crippen molar-refractivity contribution >= 4 is 29.1 Å². The second kappa shape index (κ2) is 8.43. The van der Waals surface area contributed by atoms with Gasteiger partial charge in [0.05, 0.1) is 16.8 Å². The van der Waals surface area contributed by atoms with Gasteiger partial charge in [0.15, 0.2) is 6.23 Å². The van der Waals surface area contributed by atoms with Gasteiger partial charge in [-0.3, -0.25) is 19.3 Å². The van der Waals surface area contributed by atoms with Crippen LogP contribution in [0.15, 0.2) is 84.9 Å². The minimum Gasteiger partial charge on any atom is -0.457 e. The molecule has 37 heavy (non-hydrogen) atoms. The summed E-state index contributed by atoms with van der Waals surface area (Å²) >= 11 is 0. The summed E-state index contributed by atoms with van der Waals surface area (Å²) in [5, 5.41) is 11.0. The third-order valence-corrected chi connectivity index (χ3v) is 6.63. The van der Waals surface area contributed by atoms with Crippen molar-refractivity contribution in [2.45, 2.75) is 20.1 Å². The molecule has 4 aromatic rings. The van der Waals surface area contributed by atoms with Crippen LogP contribution in [0.5, 0.6) is 11.5 Å². The molecule has 0 aromatic heterocycles. The van der Waals surface area contributed by atoms with Gasteiger partial charge in [0.2, 0.25) is 0 Å². The molecule has 7 heteroatoms. The number of ether oxygens (including phenoxy) is 1. The monoisotopic (exact) mass is 490 g/mol. The van der Waals surface area contributed by atoms with Crippen LogP contribution in [0.25, 0.3) is 0 Å². The summed E-state index contributed by atoms with van der Waals surface area (Å²) in [6, 6.07) is 24.2. The van der Waals surface area contributed by atoms with E-state index in [2.05, 4.69) is 0 Å². The third kappa shape index (κ3) is 3.68. The van der Waals surface area contributed by atoms with E-state index >= 15 is 0 Å². The summed E-state index contributed by atoms with van der Waals surface area (Å²) in [5.74, 6) is -0.339. The number of aryl methyl sites for hydroxylation is 2. The van der Waals surface area contributed by atoms with Crippen molar-refractivity contribution in [3.8, 4) is 11.5 Å². The Kier molecular flexibility index (Phi) is 5.17. The summed E-state index contributed by atoms with van der Waals surface area (Å²) in [4.78, 5) is 41.6. The van der Waals surface area contributed by atoms with Crippen LogP contribution in [0.1, 0.15) is 54.0 Å². The van der Waals surface area contributed by atoms with Crippen LogP contribution in [0.3, 0.4) is 0 Å². The number of hydrogen-bond acceptors (Lipinski definition) is 5. The van der Waals surface area contributed by atoms with Gasteiger partial charge in [0.1, 0.15) is 11.5 Å². The SMILES string of the molecule is Cc1cccc(N2C(=O)c3ccc(Oc4ccc5c(c4)C(O)N(c4cccc(C)c4)C5=O)cc3C2=O)c1. The molecule has 2 aliphatic rings. The molecule has 1 atom stereocenters. The number of nitrogens with zero attached hydrogens (tertiary/aromatic N) is 2. The lowest BCUT2D eigenvalue weighted by atomic mass is 10.1. The first-order valence-electron chi connectivity index (χ1n) is 11.8. The highest BCUT2D eigenvalue weighted by Crippen LogP contribution is 2.39. The highest BCUT2D eigenvalue weighted by molar-refractivity contribution is 6.34. The Hall–Kier alpha value is -4.75. The topological polar surface area (TPSA) is 87.2 Å². The summed E-state index contributed by atoms with van der Waals surface area (Å²) in [5.41, 5.74) is 4.43. The molecule has 4 aromatic carbocycles. The molecule has 0 saturated carbocycles. The van der Waals surface area contributed by atoms with Gasteiger partial charge in [-0.15, -0.1) is 0 Å². The molecule has 0 spiro atoms. The van der Waals surface area contributed by atoms with Crippen molar-refractivity contribution < 1.29 is 24.2 Å². The minimum atomic E-state index is -1.16. The Morgan fingerprint density at radius 1 is 0.649 bits per heavy atom. The van der Waals surface area contributed by atoms with Gasteiger partial charge in [-0.05, 0) is 85.6 Å². The molecule has 1 N–H and O–H groups in total. The first kappa shape index (κ1) is 22.7. The Morgan fingerprint density at radius 2 is 1.24 bits per heavy atom. The van der Waals surface area contributed by atoms with Crippen LogP contribution in [0.4, 0.5) is 11.4 Å². The highest BCUT2D eigenvalue weighted by Gasteiger charge is 2.38. The molecule has 2 aliphatic heterocycles. The first-order valence-corrected chi connectivity index (χ1v) is 11.8. The van der Waals surface area contributed by atoms with Crippen LogP contribution in [0, 0.1) is 13.8 Å². The van der Waals surface area contributed by atoms with Gasteiger partial charge < -0.3 is 9.84 Å². The summed E-state index contributed by atoms with van der Waals surface area (Å²) in [6.45, 7) is 3.82. The van der Waals surface area contributed by atoms with E-state index in [-0.39, 0.29) is 17.4 Å². The number of hydrogen-bond donors (Lipinski definition) is 1. The zero-order chi connectivity index (χ0) is 25.8. The van der Waals surface area contributed by atoms with Crippen molar-refractivity contribution in [2.75, 3.05) is 9.80 Å². The number of imide groups is 1. The predicted octanol–water partition coefficient (Wildman–Crippen LogP) is 5.55. The van der Waals surface area contributed by atoms with E-state index < -0.39 is 12.1 Å². The van der Waals surface area contributed by atoms with Crippen LogP contribution >= 0.6 is 0 Å². The Morgan fingerprint density at radius 3 is 1.95 bits per heavy atom. The molecule has 0 radical (unpaired) electrons. The Balaban J connectivity index is 1.28. The largest absolute Gasteiger partial charge is 0.457 e. The fraction of sp³-hybridized carbons (Fsp3) is 0.100. The van der Waals surface area contributed by atoms with E-state index in [1.54, 1.807) is 60.7 Å². The highest BCUT2D eigenvalue weighted by atomic mass is 16.5. The fourth-order valence-electron chi connectivity index (χ4n) is 4.85. The first-order chi connectivity index (χ1) is 17.8. The second-order valence-electron chi connectivity index (χ2n) is 9.23. The molecule has 0 fully saturated rings. The minimum absolute atomic E-state index is 0.256. The van der Waals surface area contributed by atoms with Crippen LogP contribution in [-0.2, 0) is 0 Å². The van der Waals surface area contributed by atoms with Crippen molar-refractivity contribution in [1.29, 1.82) is 0 Å². The van der Waals surface area contributed by atoms with Gasteiger partial charge in [0.25, 0.3) is 17.7 Å². The summed E-state index contributed by atoms with van der Waals surface area (Å²) < 4.78 is 5.99. The van der Waals surface area contributed by atoms with Gasteiger partial charge >= 0.3 is 0 Å².